The summed E-state index contributed by atoms with van der Waals surface area (Å²) in [7, 11) is 0. The molecule has 0 spiro atoms. The molecule has 2 heterocycles. The first kappa shape index (κ1) is 25.8. The molecule has 2 heteroatoms. The van der Waals surface area contributed by atoms with Gasteiger partial charge in [-0.25, -0.2) is 0 Å². The maximum atomic E-state index is 2.43. The molecule has 222 valence electrons. The third kappa shape index (κ3) is 3.41. The van der Waals surface area contributed by atoms with E-state index < -0.39 is 0 Å². The summed E-state index contributed by atoms with van der Waals surface area (Å²) in [6.45, 7) is 0. The molecule has 48 heavy (non-hydrogen) atoms. The molecule has 0 N–H and O–H groups in total. The summed E-state index contributed by atoms with van der Waals surface area (Å²) in [5.41, 5.74) is 9.79. The largest absolute Gasteiger partial charge is 0.309 e. The number of nitrogens with zero attached hydrogens (tertiary/aromatic N) is 2. The summed E-state index contributed by atoms with van der Waals surface area (Å²) in [5, 5.41) is 13.0. The van der Waals surface area contributed by atoms with Gasteiger partial charge in [-0.05, 0) is 104 Å². The maximum absolute atomic E-state index is 2.43. The van der Waals surface area contributed by atoms with Crippen molar-refractivity contribution in [2.75, 3.05) is 0 Å². The van der Waals surface area contributed by atoms with Gasteiger partial charge < -0.3 is 9.13 Å². The number of hydrogen-bond acceptors (Lipinski definition) is 0. The molecule has 0 saturated carbocycles. The van der Waals surface area contributed by atoms with E-state index in [0.29, 0.717) is 0 Å². The van der Waals surface area contributed by atoms with E-state index in [1.165, 1.54) is 98.4 Å². The lowest BCUT2D eigenvalue weighted by Gasteiger charge is -2.13. The minimum atomic E-state index is 1.18. The van der Waals surface area contributed by atoms with Crippen LogP contribution in [0.5, 0.6) is 0 Å². The molecule has 0 aliphatic carbocycles. The SMILES string of the molecule is c1ccc(-n2c3ccccc3c3cc(-c4ccc5c(ccc6c7cccc8c7c7c(cccc7n8-c7ccccc7)c56)c4)ccc32)cc1. The van der Waals surface area contributed by atoms with Crippen molar-refractivity contribution in [1.29, 1.82) is 0 Å². The number of rotatable bonds is 3. The molecule has 11 aromatic rings. The molecular formula is C46H28N2. The fourth-order valence-electron chi connectivity index (χ4n) is 8.43. The van der Waals surface area contributed by atoms with E-state index in [-0.39, 0.29) is 0 Å². The van der Waals surface area contributed by atoms with Crippen LogP contribution in [0.2, 0.25) is 0 Å². The Kier molecular flexibility index (Phi) is 5.14. The van der Waals surface area contributed by atoms with Gasteiger partial charge >= 0.3 is 0 Å². The highest BCUT2D eigenvalue weighted by molar-refractivity contribution is 6.38. The van der Waals surface area contributed by atoms with Crippen LogP contribution in [0.3, 0.4) is 0 Å². The van der Waals surface area contributed by atoms with Crippen LogP contribution in [0.25, 0.3) is 98.4 Å². The van der Waals surface area contributed by atoms with E-state index in [9.17, 15) is 0 Å². The predicted octanol–water partition coefficient (Wildman–Crippen LogP) is 12.4. The van der Waals surface area contributed by atoms with Crippen molar-refractivity contribution in [3.8, 4) is 22.5 Å². The van der Waals surface area contributed by atoms with Crippen molar-refractivity contribution in [3.05, 3.63) is 170 Å². The number of aromatic nitrogens is 2. The Balaban J connectivity index is 1.15. The molecule has 0 unspecified atom stereocenters. The van der Waals surface area contributed by atoms with Crippen LogP contribution < -0.4 is 0 Å². The van der Waals surface area contributed by atoms with E-state index in [0.717, 1.165) is 0 Å². The normalized spacial score (nSPS) is 12.2. The molecule has 2 aromatic heterocycles. The Bertz CT molecular complexity index is 3040. The molecule has 9 aromatic carbocycles. The molecule has 2 nitrogen and oxygen atoms in total. The topological polar surface area (TPSA) is 9.86 Å². The maximum Gasteiger partial charge on any atom is 0.0547 e. The predicted molar refractivity (Wildman–Crippen MR) is 204 cm³/mol. The lowest BCUT2D eigenvalue weighted by Crippen LogP contribution is -1.92. The third-order valence-corrected chi connectivity index (χ3v) is 10.4. The molecule has 0 fully saturated rings. The van der Waals surface area contributed by atoms with Crippen LogP contribution in [-0.2, 0) is 0 Å². The average molecular weight is 609 g/mol. The fraction of sp³-hybridized carbons (Fsp3) is 0. The minimum absolute atomic E-state index is 1.18. The van der Waals surface area contributed by atoms with Gasteiger partial charge in [-0.3, -0.25) is 0 Å². The first-order valence-corrected chi connectivity index (χ1v) is 16.6. The lowest BCUT2D eigenvalue weighted by molar-refractivity contribution is 1.18. The van der Waals surface area contributed by atoms with Crippen LogP contribution in [0.4, 0.5) is 0 Å². The van der Waals surface area contributed by atoms with Gasteiger partial charge in [0, 0.05) is 32.9 Å². The van der Waals surface area contributed by atoms with Crippen molar-refractivity contribution < 1.29 is 0 Å². The molecule has 0 amide bonds. The molecule has 0 radical (unpaired) electrons. The van der Waals surface area contributed by atoms with E-state index >= 15 is 0 Å². The highest BCUT2D eigenvalue weighted by Crippen LogP contribution is 2.46. The minimum Gasteiger partial charge on any atom is -0.309 e. The molecule has 0 atom stereocenters. The van der Waals surface area contributed by atoms with Gasteiger partial charge in [0.25, 0.3) is 0 Å². The van der Waals surface area contributed by atoms with Crippen molar-refractivity contribution in [3.63, 3.8) is 0 Å². The second-order valence-electron chi connectivity index (χ2n) is 12.9. The molecule has 0 saturated heterocycles. The molecule has 0 aliphatic rings. The van der Waals surface area contributed by atoms with E-state index in [2.05, 4.69) is 179 Å². The van der Waals surface area contributed by atoms with E-state index in [4.69, 9.17) is 0 Å². The highest BCUT2D eigenvalue weighted by Gasteiger charge is 2.20. The van der Waals surface area contributed by atoms with E-state index in [1.807, 2.05) is 0 Å². The Morgan fingerprint density at radius 2 is 0.792 bits per heavy atom. The second-order valence-corrected chi connectivity index (χ2v) is 12.9. The first-order valence-electron chi connectivity index (χ1n) is 16.6. The van der Waals surface area contributed by atoms with Crippen LogP contribution in [0.1, 0.15) is 0 Å². The van der Waals surface area contributed by atoms with Crippen LogP contribution in [-0.4, -0.2) is 9.13 Å². The number of hydrogen-bond donors (Lipinski definition) is 0. The highest BCUT2D eigenvalue weighted by atomic mass is 15.0. The van der Waals surface area contributed by atoms with Gasteiger partial charge in [-0.15, -0.1) is 0 Å². The Labute approximate surface area is 276 Å². The Morgan fingerprint density at radius 1 is 0.271 bits per heavy atom. The Hall–Kier alpha value is -6.38. The molecule has 0 bridgehead atoms. The van der Waals surface area contributed by atoms with Gasteiger partial charge in [-0.2, -0.15) is 0 Å². The van der Waals surface area contributed by atoms with E-state index in [1.54, 1.807) is 0 Å². The van der Waals surface area contributed by atoms with Crippen LogP contribution in [0, 0.1) is 0 Å². The van der Waals surface area contributed by atoms with Crippen molar-refractivity contribution in [2.24, 2.45) is 0 Å². The van der Waals surface area contributed by atoms with Crippen LogP contribution in [0.15, 0.2) is 170 Å². The summed E-state index contributed by atoms with van der Waals surface area (Å²) in [4.78, 5) is 0. The fourth-order valence-corrected chi connectivity index (χ4v) is 8.43. The zero-order chi connectivity index (χ0) is 31.3. The quantitative estimate of drug-likeness (QED) is 0.177. The molecular weight excluding hydrogens is 581 g/mol. The summed E-state index contributed by atoms with van der Waals surface area (Å²) >= 11 is 0. The number of benzene rings is 9. The summed E-state index contributed by atoms with van der Waals surface area (Å²) < 4.78 is 4.80. The standard InChI is InChI=1S/C46H28N2/c1-3-11-32(12-4-1)47-40-18-8-7-15-35(40)39-28-30(23-26-41(39)47)29-21-24-34-31(27-29)22-25-37-36-16-9-19-42-45(36)46-38(44(34)37)17-10-20-43(46)48(42)33-13-5-2-6-14-33/h1-28H. The smallest absolute Gasteiger partial charge is 0.0547 e. The lowest BCUT2D eigenvalue weighted by atomic mass is 9.90. The average Bonchev–Trinajstić information content (AvgIpc) is 3.68. The van der Waals surface area contributed by atoms with Crippen molar-refractivity contribution >= 4 is 75.9 Å². The second kappa shape index (κ2) is 9.57. The van der Waals surface area contributed by atoms with Crippen molar-refractivity contribution in [1.82, 2.24) is 9.13 Å². The van der Waals surface area contributed by atoms with Crippen molar-refractivity contribution in [2.45, 2.75) is 0 Å². The molecule has 0 aliphatic heterocycles. The summed E-state index contributed by atoms with van der Waals surface area (Å²) in [6.07, 6.45) is 0. The Morgan fingerprint density at radius 3 is 1.56 bits per heavy atom. The summed E-state index contributed by atoms with van der Waals surface area (Å²) in [5.74, 6) is 0. The molecule has 11 rings (SSSR count). The van der Waals surface area contributed by atoms with Gasteiger partial charge in [-0.1, -0.05) is 109 Å². The summed E-state index contributed by atoms with van der Waals surface area (Å²) in [6, 6.07) is 62.4. The zero-order valence-electron chi connectivity index (χ0n) is 26.1. The monoisotopic (exact) mass is 608 g/mol. The van der Waals surface area contributed by atoms with Crippen LogP contribution >= 0.6 is 0 Å². The van der Waals surface area contributed by atoms with Gasteiger partial charge in [0.2, 0.25) is 0 Å². The zero-order valence-corrected chi connectivity index (χ0v) is 26.1. The number of para-hydroxylation sites is 3. The van der Waals surface area contributed by atoms with Gasteiger partial charge in [0.15, 0.2) is 0 Å². The van der Waals surface area contributed by atoms with Gasteiger partial charge in [0.1, 0.15) is 0 Å². The first-order chi connectivity index (χ1) is 23.8. The third-order valence-electron chi connectivity index (χ3n) is 10.4. The van der Waals surface area contributed by atoms with Gasteiger partial charge in [0.05, 0.1) is 22.1 Å². The number of fused-ring (bicyclic) bond motifs is 8.